The van der Waals surface area contributed by atoms with Crippen LogP contribution in [0.15, 0.2) is 77.2 Å². The maximum Gasteiger partial charge on any atom is 0.344 e. The number of hydrogen-bond donors (Lipinski definition) is 2. The Morgan fingerprint density at radius 2 is 1.83 bits per heavy atom. The summed E-state index contributed by atoms with van der Waals surface area (Å²) in [6, 6.07) is 22.8. The third-order valence-electron chi connectivity index (χ3n) is 6.24. The molecule has 1 amide bonds. The molecule has 1 saturated heterocycles. The summed E-state index contributed by atoms with van der Waals surface area (Å²) >= 11 is 0. The van der Waals surface area contributed by atoms with Gasteiger partial charge in [-0.3, -0.25) is 9.52 Å². The van der Waals surface area contributed by atoms with Crippen molar-refractivity contribution in [2.45, 2.75) is 12.8 Å². The van der Waals surface area contributed by atoms with Crippen LogP contribution in [0.4, 0.5) is 5.69 Å². The Balaban J connectivity index is 1.27. The Bertz CT molecular complexity index is 1390. The Kier molecular flexibility index (Phi) is 6.17. The number of benzene rings is 3. The molecule has 35 heavy (non-hydrogen) atoms. The first-order valence-electron chi connectivity index (χ1n) is 11.5. The number of amidine groups is 1. The standard InChI is InChI=1S/C26H26N4O4S/c27-25-24-22(28-35(32,33)29-25)12-5-13-23(24)34-17-18-7-6-14-30(16-18)26(31)21-11-4-10-20(15-21)19-8-2-1-3-9-19/h1-5,8-13,15,18,28H,6-7,14,16-17H2,(H2,27,29). The molecule has 0 radical (unpaired) electrons. The topological polar surface area (TPSA) is 114 Å². The van der Waals surface area contributed by atoms with E-state index in [1.165, 1.54) is 0 Å². The molecule has 8 nitrogen and oxygen atoms in total. The molecule has 2 heterocycles. The molecule has 3 aromatic rings. The quantitative estimate of drug-likeness (QED) is 0.567. The lowest BCUT2D eigenvalue weighted by atomic mass is 9.97. The van der Waals surface area contributed by atoms with Crippen LogP contribution in [0.1, 0.15) is 28.8 Å². The highest BCUT2D eigenvalue weighted by atomic mass is 32.2. The van der Waals surface area contributed by atoms with E-state index in [1.807, 2.05) is 59.5 Å². The minimum atomic E-state index is -3.85. The lowest BCUT2D eigenvalue weighted by Crippen LogP contribution is -2.41. The molecule has 3 N–H and O–H groups in total. The first-order chi connectivity index (χ1) is 16.9. The van der Waals surface area contributed by atoms with Crippen LogP contribution in [0.2, 0.25) is 0 Å². The number of piperidine rings is 1. The van der Waals surface area contributed by atoms with Crippen molar-refractivity contribution in [3.8, 4) is 16.9 Å². The molecule has 0 spiro atoms. The number of hydrogen-bond acceptors (Lipinski definition) is 5. The molecule has 1 fully saturated rings. The number of nitrogens with one attached hydrogen (secondary N) is 1. The SMILES string of the molecule is NC1=NS(=O)(=O)Nc2cccc(OCC3CCCN(C(=O)c4cccc(-c5ccccc5)c4)C3)c21. The molecule has 1 unspecified atom stereocenters. The molecular weight excluding hydrogens is 464 g/mol. The summed E-state index contributed by atoms with van der Waals surface area (Å²) in [5.41, 5.74) is 9.44. The fourth-order valence-electron chi connectivity index (χ4n) is 4.58. The zero-order chi connectivity index (χ0) is 24.4. The van der Waals surface area contributed by atoms with Crippen molar-refractivity contribution in [3.63, 3.8) is 0 Å². The van der Waals surface area contributed by atoms with Crippen molar-refractivity contribution in [2.24, 2.45) is 16.0 Å². The number of rotatable bonds is 5. The lowest BCUT2D eigenvalue weighted by Gasteiger charge is -2.33. The van der Waals surface area contributed by atoms with Gasteiger partial charge in [0, 0.05) is 24.6 Å². The molecule has 180 valence electrons. The molecule has 0 saturated carbocycles. The first kappa shape index (κ1) is 22.9. The van der Waals surface area contributed by atoms with E-state index in [0.717, 1.165) is 24.0 Å². The van der Waals surface area contributed by atoms with Crippen molar-refractivity contribution < 1.29 is 17.9 Å². The Hall–Kier alpha value is -3.85. The number of amides is 1. The van der Waals surface area contributed by atoms with Crippen LogP contribution in [0, 0.1) is 5.92 Å². The van der Waals surface area contributed by atoms with Crippen LogP contribution in [0.5, 0.6) is 5.75 Å². The monoisotopic (exact) mass is 490 g/mol. The van der Waals surface area contributed by atoms with E-state index in [0.29, 0.717) is 42.3 Å². The van der Waals surface area contributed by atoms with Gasteiger partial charge in [-0.25, -0.2) is 0 Å². The van der Waals surface area contributed by atoms with E-state index < -0.39 is 10.2 Å². The largest absolute Gasteiger partial charge is 0.492 e. The highest BCUT2D eigenvalue weighted by molar-refractivity contribution is 7.91. The summed E-state index contributed by atoms with van der Waals surface area (Å²) < 4.78 is 35.6. The first-order valence-corrected chi connectivity index (χ1v) is 12.9. The fourth-order valence-corrected chi connectivity index (χ4v) is 5.42. The number of ether oxygens (including phenoxy) is 1. The molecule has 9 heteroatoms. The van der Waals surface area contributed by atoms with E-state index in [4.69, 9.17) is 10.5 Å². The molecule has 2 aliphatic rings. The number of anilines is 1. The van der Waals surface area contributed by atoms with Gasteiger partial charge in [0.15, 0.2) is 5.84 Å². The maximum absolute atomic E-state index is 13.3. The Morgan fingerprint density at radius 1 is 1.06 bits per heavy atom. The molecule has 0 aliphatic carbocycles. The van der Waals surface area contributed by atoms with Gasteiger partial charge in [0.2, 0.25) is 0 Å². The number of carbonyl (C=O) groups excluding carboxylic acids is 1. The van der Waals surface area contributed by atoms with Crippen LogP contribution < -0.4 is 15.2 Å². The van der Waals surface area contributed by atoms with Gasteiger partial charge in [-0.05, 0) is 48.2 Å². The number of nitrogens with zero attached hydrogens (tertiary/aromatic N) is 2. The molecule has 0 aromatic heterocycles. The molecule has 1 atom stereocenters. The number of likely N-dealkylation sites (tertiary alicyclic amines) is 1. The van der Waals surface area contributed by atoms with Crippen molar-refractivity contribution in [2.75, 3.05) is 24.4 Å². The van der Waals surface area contributed by atoms with Crippen molar-refractivity contribution >= 4 is 27.6 Å². The Morgan fingerprint density at radius 3 is 2.66 bits per heavy atom. The minimum Gasteiger partial charge on any atom is -0.492 e. The predicted octanol–water partition coefficient (Wildman–Crippen LogP) is 3.66. The van der Waals surface area contributed by atoms with E-state index in [-0.39, 0.29) is 17.7 Å². The summed E-state index contributed by atoms with van der Waals surface area (Å²) in [6.45, 7) is 1.66. The minimum absolute atomic E-state index is 0.00959. The predicted molar refractivity (Wildman–Crippen MR) is 136 cm³/mol. The van der Waals surface area contributed by atoms with E-state index in [1.54, 1.807) is 18.2 Å². The van der Waals surface area contributed by atoms with Crippen LogP contribution in [0.3, 0.4) is 0 Å². The van der Waals surface area contributed by atoms with Crippen LogP contribution in [-0.2, 0) is 10.2 Å². The molecule has 0 bridgehead atoms. The third-order valence-corrected chi connectivity index (χ3v) is 7.15. The Labute approximate surface area is 204 Å². The van der Waals surface area contributed by atoms with Gasteiger partial charge in [-0.1, -0.05) is 48.5 Å². The van der Waals surface area contributed by atoms with Crippen molar-refractivity contribution in [1.29, 1.82) is 0 Å². The van der Waals surface area contributed by atoms with Crippen LogP contribution in [-0.4, -0.2) is 44.8 Å². The lowest BCUT2D eigenvalue weighted by molar-refractivity contribution is 0.0633. The molecule has 2 aliphatic heterocycles. The number of carbonyl (C=O) groups is 1. The third kappa shape index (κ3) is 5.00. The fraction of sp³-hybridized carbons (Fsp3) is 0.231. The zero-order valence-corrected chi connectivity index (χ0v) is 19.9. The van der Waals surface area contributed by atoms with E-state index in [9.17, 15) is 13.2 Å². The summed E-state index contributed by atoms with van der Waals surface area (Å²) in [4.78, 5) is 15.2. The van der Waals surface area contributed by atoms with Gasteiger partial charge in [-0.2, -0.15) is 8.42 Å². The van der Waals surface area contributed by atoms with Gasteiger partial charge < -0.3 is 15.4 Å². The van der Waals surface area contributed by atoms with E-state index in [2.05, 4.69) is 9.12 Å². The van der Waals surface area contributed by atoms with Crippen molar-refractivity contribution in [3.05, 3.63) is 83.9 Å². The second kappa shape index (κ2) is 9.42. The van der Waals surface area contributed by atoms with Crippen LogP contribution in [0.25, 0.3) is 11.1 Å². The summed E-state index contributed by atoms with van der Waals surface area (Å²) in [6.07, 6.45) is 1.81. The maximum atomic E-state index is 13.3. The second-order valence-corrected chi connectivity index (χ2v) is 10.1. The summed E-state index contributed by atoms with van der Waals surface area (Å²) in [5, 5.41) is 0. The summed E-state index contributed by atoms with van der Waals surface area (Å²) in [5.74, 6) is 0.507. The normalized spacial score (nSPS) is 18.7. The highest BCUT2D eigenvalue weighted by Crippen LogP contribution is 2.31. The van der Waals surface area contributed by atoms with Gasteiger partial charge in [-0.15, -0.1) is 4.40 Å². The second-order valence-electron chi connectivity index (χ2n) is 8.75. The molecule has 3 aromatic carbocycles. The number of fused-ring (bicyclic) bond motifs is 1. The van der Waals surface area contributed by atoms with Gasteiger partial charge in [0.25, 0.3) is 5.91 Å². The smallest absolute Gasteiger partial charge is 0.344 e. The average molecular weight is 491 g/mol. The van der Waals surface area contributed by atoms with Crippen molar-refractivity contribution in [1.82, 2.24) is 4.90 Å². The van der Waals surface area contributed by atoms with E-state index >= 15 is 0 Å². The molecule has 5 rings (SSSR count). The highest BCUT2D eigenvalue weighted by Gasteiger charge is 2.27. The number of nitrogens with two attached hydrogens (primary N) is 1. The molecular formula is C26H26N4O4S. The van der Waals surface area contributed by atoms with Crippen LogP contribution >= 0.6 is 0 Å². The van der Waals surface area contributed by atoms with Gasteiger partial charge in [0.05, 0.1) is 17.9 Å². The average Bonchev–Trinajstić information content (AvgIpc) is 2.87. The van der Waals surface area contributed by atoms with Gasteiger partial charge in [0.1, 0.15) is 5.75 Å². The van der Waals surface area contributed by atoms with Gasteiger partial charge >= 0.3 is 10.2 Å². The zero-order valence-electron chi connectivity index (χ0n) is 19.1. The summed E-state index contributed by atoms with van der Waals surface area (Å²) in [7, 11) is -3.85.